The van der Waals surface area contributed by atoms with Gasteiger partial charge in [0.1, 0.15) is 11.3 Å². The van der Waals surface area contributed by atoms with E-state index < -0.39 is 51.9 Å². The Bertz CT molecular complexity index is 1680. The highest BCUT2D eigenvalue weighted by Crippen LogP contribution is 2.36. The number of ether oxygens (including phenoxy) is 1. The van der Waals surface area contributed by atoms with E-state index in [4.69, 9.17) is 4.74 Å². The second-order valence-electron chi connectivity index (χ2n) is 10.9. The summed E-state index contributed by atoms with van der Waals surface area (Å²) in [5.41, 5.74) is 0.685. The van der Waals surface area contributed by atoms with Crippen LogP contribution < -0.4 is 10.6 Å². The number of halogens is 4. The summed E-state index contributed by atoms with van der Waals surface area (Å²) < 4.78 is 82.9. The summed E-state index contributed by atoms with van der Waals surface area (Å²) in [5.74, 6) is 0. The van der Waals surface area contributed by atoms with Crippen molar-refractivity contribution in [2.45, 2.75) is 50.4 Å². The predicted molar refractivity (Wildman–Crippen MR) is 157 cm³/mol. The monoisotopic (exact) mass is 634 g/mol. The summed E-state index contributed by atoms with van der Waals surface area (Å²) in [5, 5.41) is 9.33. The maximum absolute atomic E-state index is 13.4. The lowest BCUT2D eigenvalue weighted by Crippen LogP contribution is -2.32. The standard InChI is InChI=1S/C30H30F4N4O5S/c1-29(2,3)43-28(40)35-17-19-8-10-20(11-9-19)22-13-12-21(23-6-4-5-7-25(23)44(41,42)18-31)16-24(22)36-27(39)38-15-14-26(37-38)30(32,33)34/h4-13,16H,14-15,17-18H2,1-3H3,(H,35,40)(H,36,39). The molecule has 0 atom stereocenters. The van der Waals surface area contributed by atoms with Crippen molar-refractivity contribution in [3.8, 4) is 22.3 Å². The number of hydrogen-bond acceptors (Lipinski definition) is 6. The molecule has 0 bridgehead atoms. The van der Waals surface area contributed by atoms with Crippen LogP contribution >= 0.6 is 0 Å². The third-order valence-corrected chi connectivity index (χ3v) is 7.72. The fraction of sp³-hybridized carbons (Fsp3) is 0.300. The van der Waals surface area contributed by atoms with Crippen LogP contribution in [0.25, 0.3) is 22.3 Å². The molecule has 1 aliphatic rings. The minimum absolute atomic E-state index is 0.148. The maximum Gasteiger partial charge on any atom is 0.431 e. The first-order valence-corrected chi connectivity index (χ1v) is 15.0. The average Bonchev–Trinajstić information content (AvgIpc) is 3.47. The number of alkyl halides is 4. The minimum Gasteiger partial charge on any atom is -0.444 e. The number of amides is 3. The molecular weight excluding hydrogens is 604 g/mol. The average molecular weight is 635 g/mol. The third kappa shape index (κ3) is 7.92. The smallest absolute Gasteiger partial charge is 0.431 e. The Kier molecular flexibility index (Phi) is 9.33. The number of rotatable bonds is 7. The van der Waals surface area contributed by atoms with Gasteiger partial charge in [0, 0.05) is 24.1 Å². The van der Waals surface area contributed by atoms with Crippen molar-refractivity contribution >= 4 is 33.4 Å². The molecule has 9 nitrogen and oxygen atoms in total. The Morgan fingerprint density at radius 1 is 0.955 bits per heavy atom. The van der Waals surface area contributed by atoms with E-state index in [1.807, 2.05) is 0 Å². The maximum atomic E-state index is 13.4. The van der Waals surface area contributed by atoms with Crippen molar-refractivity contribution in [2.75, 3.05) is 17.9 Å². The summed E-state index contributed by atoms with van der Waals surface area (Å²) >= 11 is 0. The molecule has 0 radical (unpaired) electrons. The summed E-state index contributed by atoms with van der Waals surface area (Å²) in [4.78, 5) is 24.8. The van der Waals surface area contributed by atoms with Crippen molar-refractivity contribution < 1.29 is 40.3 Å². The zero-order chi connectivity index (χ0) is 32.3. The van der Waals surface area contributed by atoms with E-state index in [0.29, 0.717) is 21.7 Å². The summed E-state index contributed by atoms with van der Waals surface area (Å²) in [6.45, 7) is 5.12. The number of sulfone groups is 1. The van der Waals surface area contributed by atoms with E-state index in [-0.39, 0.29) is 29.2 Å². The van der Waals surface area contributed by atoms with E-state index in [0.717, 1.165) is 5.56 Å². The van der Waals surface area contributed by atoms with Crippen molar-refractivity contribution in [2.24, 2.45) is 5.10 Å². The molecule has 1 aliphatic heterocycles. The van der Waals surface area contributed by atoms with Crippen LogP contribution in [-0.2, 0) is 21.1 Å². The minimum atomic E-state index is -4.67. The molecular formula is C30H30F4N4O5S. The number of hydrazone groups is 1. The van der Waals surface area contributed by atoms with Gasteiger partial charge in [0.05, 0.1) is 17.1 Å². The van der Waals surface area contributed by atoms with Gasteiger partial charge in [0.2, 0.25) is 9.84 Å². The number of urea groups is 1. The number of nitrogens with one attached hydrogen (secondary N) is 2. The van der Waals surface area contributed by atoms with Crippen LogP contribution in [0.2, 0.25) is 0 Å². The second-order valence-corrected chi connectivity index (χ2v) is 12.8. The van der Waals surface area contributed by atoms with Gasteiger partial charge in [-0.2, -0.15) is 18.3 Å². The van der Waals surface area contributed by atoms with Gasteiger partial charge in [-0.15, -0.1) is 0 Å². The Hall–Kier alpha value is -4.46. The Balaban J connectivity index is 1.68. The van der Waals surface area contributed by atoms with Gasteiger partial charge in [-0.05, 0) is 49.6 Å². The number of carbonyl (C=O) groups excluding carboxylic acids is 2. The Morgan fingerprint density at radius 3 is 2.23 bits per heavy atom. The fourth-order valence-corrected chi connectivity index (χ4v) is 5.30. The quantitative estimate of drug-likeness (QED) is 0.274. The van der Waals surface area contributed by atoms with Crippen LogP contribution in [0.3, 0.4) is 0 Å². The number of carbonyl (C=O) groups is 2. The van der Waals surface area contributed by atoms with Crippen LogP contribution in [0.15, 0.2) is 76.7 Å². The molecule has 0 saturated heterocycles. The van der Waals surface area contributed by atoms with Crippen LogP contribution in [0.1, 0.15) is 32.8 Å². The SMILES string of the molecule is CC(C)(C)OC(=O)NCc1ccc(-c2ccc(-c3ccccc3S(=O)(=O)CF)cc2NC(=O)N2CCC(C(F)(F)F)=N2)cc1. The number of benzene rings is 3. The Morgan fingerprint density at radius 2 is 1.61 bits per heavy atom. The summed E-state index contributed by atoms with van der Waals surface area (Å²) in [7, 11) is -4.26. The van der Waals surface area contributed by atoms with Crippen LogP contribution in [0.4, 0.5) is 32.8 Å². The number of alkyl carbamates (subject to hydrolysis) is 1. The van der Waals surface area contributed by atoms with Gasteiger partial charge < -0.3 is 15.4 Å². The normalized spacial score (nSPS) is 13.8. The Labute approximate surface area is 251 Å². The molecule has 0 aliphatic carbocycles. The lowest BCUT2D eigenvalue weighted by Gasteiger charge is -2.20. The molecule has 0 aromatic heterocycles. The van der Waals surface area contributed by atoms with Crippen molar-refractivity contribution in [1.29, 1.82) is 0 Å². The molecule has 0 saturated carbocycles. The first kappa shape index (κ1) is 32.5. The number of hydrogen-bond donors (Lipinski definition) is 2. The van der Waals surface area contributed by atoms with Crippen LogP contribution in [0.5, 0.6) is 0 Å². The van der Waals surface area contributed by atoms with Crippen LogP contribution in [0, 0.1) is 0 Å². The third-order valence-electron chi connectivity index (χ3n) is 6.40. The molecule has 2 N–H and O–H groups in total. The van der Waals surface area contributed by atoms with Gasteiger partial charge in [-0.1, -0.05) is 54.6 Å². The van der Waals surface area contributed by atoms with Gasteiger partial charge in [-0.25, -0.2) is 27.4 Å². The van der Waals surface area contributed by atoms with E-state index >= 15 is 0 Å². The summed E-state index contributed by atoms with van der Waals surface area (Å²) in [6.07, 6.45) is -5.72. The lowest BCUT2D eigenvalue weighted by molar-refractivity contribution is -0.0600. The molecule has 0 fully saturated rings. The predicted octanol–water partition coefficient (Wildman–Crippen LogP) is 6.90. The molecule has 3 aromatic carbocycles. The van der Waals surface area contributed by atoms with Gasteiger partial charge >= 0.3 is 18.3 Å². The highest BCUT2D eigenvalue weighted by Gasteiger charge is 2.40. The van der Waals surface area contributed by atoms with E-state index in [9.17, 15) is 35.6 Å². The van der Waals surface area contributed by atoms with Crippen LogP contribution in [-0.4, -0.2) is 55.6 Å². The molecule has 14 heteroatoms. The largest absolute Gasteiger partial charge is 0.444 e. The number of nitrogens with zero attached hydrogens (tertiary/aromatic N) is 2. The highest BCUT2D eigenvalue weighted by molar-refractivity contribution is 7.91. The molecule has 0 unspecified atom stereocenters. The lowest BCUT2D eigenvalue weighted by atomic mass is 9.97. The van der Waals surface area contributed by atoms with E-state index in [2.05, 4.69) is 15.7 Å². The molecule has 3 aromatic rings. The van der Waals surface area contributed by atoms with Crippen molar-refractivity contribution in [3.05, 3.63) is 72.3 Å². The van der Waals surface area contributed by atoms with Crippen molar-refractivity contribution in [3.63, 3.8) is 0 Å². The summed E-state index contributed by atoms with van der Waals surface area (Å²) in [6, 6.07) is 14.8. The number of anilines is 1. The van der Waals surface area contributed by atoms with Gasteiger partial charge in [0.25, 0.3) is 0 Å². The molecule has 234 valence electrons. The first-order chi connectivity index (χ1) is 20.6. The fourth-order valence-electron chi connectivity index (χ4n) is 4.38. The van der Waals surface area contributed by atoms with E-state index in [1.54, 1.807) is 63.2 Å². The molecule has 44 heavy (non-hydrogen) atoms. The molecule has 0 spiro atoms. The first-order valence-electron chi connectivity index (χ1n) is 13.4. The van der Waals surface area contributed by atoms with Gasteiger partial charge in [-0.3, -0.25) is 0 Å². The highest BCUT2D eigenvalue weighted by atomic mass is 32.2. The second kappa shape index (κ2) is 12.6. The van der Waals surface area contributed by atoms with E-state index in [1.165, 1.54) is 24.3 Å². The zero-order valence-electron chi connectivity index (χ0n) is 24.0. The molecule has 1 heterocycles. The van der Waals surface area contributed by atoms with Crippen molar-refractivity contribution in [1.82, 2.24) is 10.3 Å². The zero-order valence-corrected chi connectivity index (χ0v) is 24.9. The molecule has 4 rings (SSSR count). The van der Waals surface area contributed by atoms with Gasteiger partial charge in [0.15, 0.2) is 6.01 Å². The molecule has 3 amide bonds. The topological polar surface area (TPSA) is 117 Å².